The van der Waals surface area contributed by atoms with Gasteiger partial charge in [-0.3, -0.25) is 0 Å². The molecule has 20 heavy (non-hydrogen) atoms. The maximum absolute atomic E-state index is 6.77. The average molecular weight is 358 g/mol. The van der Waals surface area contributed by atoms with Crippen LogP contribution in [-0.2, 0) is 0 Å². The summed E-state index contributed by atoms with van der Waals surface area (Å²) in [5.41, 5.74) is 1.24. The van der Waals surface area contributed by atoms with Gasteiger partial charge in [-0.15, -0.1) is 11.6 Å². The molecule has 0 spiro atoms. The van der Waals surface area contributed by atoms with E-state index >= 15 is 0 Å². The van der Waals surface area contributed by atoms with E-state index in [-0.39, 0.29) is 5.38 Å². The zero-order chi connectivity index (χ0) is 14.1. The fraction of sp³-hybridized carbons (Fsp3) is 0.647. The first-order valence-corrected chi connectivity index (χ1v) is 8.98. The quantitative estimate of drug-likeness (QED) is 0.591. The summed E-state index contributed by atoms with van der Waals surface area (Å²) in [6.45, 7) is 2.88. The lowest BCUT2D eigenvalue weighted by molar-refractivity contribution is 0.313. The minimum Gasteiger partial charge on any atom is -0.492 e. The highest BCUT2D eigenvalue weighted by Gasteiger charge is 2.42. The predicted molar refractivity (Wildman–Crippen MR) is 87.5 cm³/mol. The molecular weight excluding hydrogens is 336 g/mol. The highest BCUT2D eigenvalue weighted by Crippen LogP contribution is 2.54. The van der Waals surface area contributed by atoms with Crippen LogP contribution in [0.1, 0.15) is 50.0 Å². The van der Waals surface area contributed by atoms with Gasteiger partial charge in [-0.1, -0.05) is 19.4 Å². The van der Waals surface area contributed by atoms with E-state index < -0.39 is 0 Å². The van der Waals surface area contributed by atoms with Crippen molar-refractivity contribution in [3.8, 4) is 5.75 Å². The van der Waals surface area contributed by atoms with Crippen molar-refractivity contribution >= 4 is 27.5 Å². The second-order valence-corrected chi connectivity index (χ2v) is 7.60. The summed E-state index contributed by atoms with van der Waals surface area (Å²) in [5.74, 6) is 3.40. The Kier molecular flexibility index (Phi) is 4.62. The second-order valence-electron chi connectivity index (χ2n) is 6.28. The minimum atomic E-state index is 0.154. The average Bonchev–Trinajstić information content (AvgIpc) is 3.08. The van der Waals surface area contributed by atoms with Crippen LogP contribution in [0.25, 0.3) is 0 Å². The monoisotopic (exact) mass is 356 g/mol. The zero-order valence-electron chi connectivity index (χ0n) is 11.9. The van der Waals surface area contributed by atoms with E-state index in [0.29, 0.717) is 5.92 Å². The van der Waals surface area contributed by atoms with Gasteiger partial charge in [0.15, 0.2) is 0 Å². The van der Waals surface area contributed by atoms with E-state index in [1.54, 1.807) is 0 Å². The maximum Gasteiger partial charge on any atom is 0.133 e. The summed E-state index contributed by atoms with van der Waals surface area (Å²) in [6, 6.07) is 6.34. The molecule has 2 fully saturated rings. The van der Waals surface area contributed by atoms with E-state index in [9.17, 15) is 0 Å². The standard InChI is InChI=1S/C17H22BrClO/c1-2-7-20-16-6-5-13(10-15(16)18)17(19)14-9-11-3-4-12(14)8-11/h5-6,10-12,14,17H,2-4,7-9H2,1H3. The molecule has 0 aromatic heterocycles. The van der Waals surface area contributed by atoms with Gasteiger partial charge in [0.05, 0.1) is 16.5 Å². The number of hydrogen-bond donors (Lipinski definition) is 0. The fourth-order valence-corrected chi connectivity index (χ4v) is 4.87. The van der Waals surface area contributed by atoms with Crippen molar-refractivity contribution in [3.05, 3.63) is 28.2 Å². The summed E-state index contributed by atoms with van der Waals surface area (Å²) >= 11 is 10.4. The molecule has 4 atom stereocenters. The SMILES string of the molecule is CCCOc1ccc(C(Cl)C2CC3CCC2C3)cc1Br. The molecule has 1 aromatic carbocycles. The summed E-state index contributed by atoms with van der Waals surface area (Å²) in [7, 11) is 0. The Balaban J connectivity index is 1.72. The lowest BCUT2D eigenvalue weighted by atomic mass is 9.84. The van der Waals surface area contributed by atoms with Crippen LogP contribution in [0.2, 0.25) is 0 Å². The number of halogens is 2. The maximum atomic E-state index is 6.77. The smallest absolute Gasteiger partial charge is 0.133 e. The lowest BCUT2D eigenvalue weighted by Crippen LogP contribution is -2.15. The third-order valence-corrected chi connectivity index (χ3v) is 6.10. The van der Waals surface area contributed by atoms with Gasteiger partial charge in [0.2, 0.25) is 0 Å². The normalized spacial score (nSPS) is 29.6. The molecule has 3 rings (SSSR count). The zero-order valence-corrected chi connectivity index (χ0v) is 14.3. The lowest BCUT2D eigenvalue weighted by Gasteiger charge is -2.26. The van der Waals surface area contributed by atoms with Crippen molar-refractivity contribution in [2.45, 2.75) is 44.4 Å². The molecule has 1 nitrogen and oxygen atoms in total. The van der Waals surface area contributed by atoms with Crippen molar-refractivity contribution in [1.29, 1.82) is 0 Å². The Morgan fingerprint density at radius 3 is 2.80 bits per heavy atom. The summed E-state index contributed by atoms with van der Waals surface area (Å²) < 4.78 is 6.73. The van der Waals surface area contributed by atoms with Gasteiger partial charge >= 0.3 is 0 Å². The molecule has 0 radical (unpaired) electrons. The molecule has 0 N–H and O–H groups in total. The predicted octanol–water partition coefficient (Wildman–Crippen LogP) is 5.95. The first kappa shape index (κ1) is 14.7. The van der Waals surface area contributed by atoms with Crippen molar-refractivity contribution in [3.63, 3.8) is 0 Å². The van der Waals surface area contributed by atoms with Crippen molar-refractivity contribution < 1.29 is 4.74 Å². The summed E-state index contributed by atoms with van der Waals surface area (Å²) in [5, 5.41) is 0.154. The number of rotatable bonds is 5. The molecule has 0 amide bonds. The molecular formula is C17H22BrClO. The van der Waals surface area contributed by atoms with E-state index in [2.05, 4.69) is 41.1 Å². The van der Waals surface area contributed by atoms with Gasteiger partial charge in [-0.05, 0) is 77.1 Å². The molecule has 2 saturated carbocycles. The van der Waals surface area contributed by atoms with Crippen molar-refractivity contribution in [1.82, 2.24) is 0 Å². The van der Waals surface area contributed by atoms with Gasteiger partial charge in [-0.25, -0.2) is 0 Å². The molecule has 1 aromatic rings. The van der Waals surface area contributed by atoms with Crippen LogP contribution in [0.5, 0.6) is 5.75 Å². The summed E-state index contributed by atoms with van der Waals surface area (Å²) in [4.78, 5) is 0. The van der Waals surface area contributed by atoms with E-state index in [1.165, 1.54) is 31.2 Å². The Morgan fingerprint density at radius 1 is 1.35 bits per heavy atom. The highest BCUT2D eigenvalue weighted by molar-refractivity contribution is 9.10. The number of fused-ring (bicyclic) bond motifs is 2. The van der Waals surface area contributed by atoms with Crippen molar-refractivity contribution in [2.75, 3.05) is 6.61 Å². The van der Waals surface area contributed by atoms with Crippen LogP contribution in [0.4, 0.5) is 0 Å². The number of hydrogen-bond acceptors (Lipinski definition) is 1. The van der Waals surface area contributed by atoms with Gasteiger partial charge in [0.25, 0.3) is 0 Å². The molecule has 0 saturated heterocycles. The number of ether oxygens (including phenoxy) is 1. The third-order valence-electron chi connectivity index (χ3n) is 4.90. The Bertz CT molecular complexity index is 476. The van der Waals surface area contributed by atoms with Crippen LogP contribution in [-0.4, -0.2) is 6.61 Å². The molecule has 2 bridgehead atoms. The first-order chi connectivity index (χ1) is 9.69. The number of alkyl halides is 1. The molecule has 110 valence electrons. The van der Waals surface area contributed by atoms with Crippen LogP contribution in [0.3, 0.4) is 0 Å². The largest absolute Gasteiger partial charge is 0.492 e. The second kappa shape index (κ2) is 6.27. The van der Waals surface area contributed by atoms with E-state index in [1.807, 2.05) is 0 Å². The Labute approximate surface area is 135 Å². The molecule has 0 heterocycles. The Morgan fingerprint density at radius 2 is 2.20 bits per heavy atom. The Hall–Kier alpha value is -0.210. The van der Waals surface area contributed by atoms with Crippen LogP contribution < -0.4 is 4.74 Å². The molecule has 0 aliphatic heterocycles. The highest BCUT2D eigenvalue weighted by atomic mass is 79.9. The third kappa shape index (κ3) is 2.87. The van der Waals surface area contributed by atoms with E-state index in [4.69, 9.17) is 16.3 Å². The summed E-state index contributed by atoms with van der Waals surface area (Å²) in [6.07, 6.45) is 6.57. The minimum absolute atomic E-state index is 0.154. The van der Waals surface area contributed by atoms with Gasteiger partial charge in [0.1, 0.15) is 5.75 Å². The van der Waals surface area contributed by atoms with Gasteiger partial charge in [-0.2, -0.15) is 0 Å². The molecule has 4 unspecified atom stereocenters. The van der Waals surface area contributed by atoms with Crippen LogP contribution in [0, 0.1) is 17.8 Å². The van der Waals surface area contributed by atoms with Crippen LogP contribution in [0.15, 0.2) is 22.7 Å². The van der Waals surface area contributed by atoms with E-state index in [0.717, 1.165) is 35.1 Å². The fourth-order valence-electron chi connectivity index (χ4n) is 3.92. The van der Waals surface area contributed by atoms with Gasteiger partial charge < -0.3 is 4.74 Å². The number of benzene rings is 1. The van der Waals surface area contributed by atoms with Gasteiger partial charge in [0, 0.05) is 0 Å². The molecule has 3 heteroatoms. The van der Waals surface area contributed by atoms with Crippen LogP contribution >= 0.6 is 27.5 Å². The molecule has 2 aliphatic carbocycles. The topological polar surface area (TPSA) is 9.23 Å². The van der Waals surface area contributed by atoms with Crippen molar-refractivity contribution in [2.24, 2.45) is 17.8 Å². The molecule has 2 aliphatic rings. The first-order valence-electron chi connectivity index (χ1n) is 7.75.